The van der Waals surface area contributed by atoms with Crippen LogP contribution < -0.4 is 5.43 Å². The normalized spacial score (nSPS) is 26.9. The lowest BCUT2D eigenvalue weighted by Crippen LogP contribution is -2.67. The predicted octanol–water partition coefficient (Wildman–Crippen LogP) is 9.89. The second kappa shape index (κ2) is 17.1. The first-order chi connectivity index (χ1) is 24.1. The molecule has 2 saturated carbocycles. The second-order valence-electron chi connectivity index (χ2n) is 19.1. The minimum atomic E-state index is -0.131. The average Bonchev–Trinajstić information content (AvgIpc) is 3.05. The van der Waals surface area contributed by atoms with Crippen molar-refractivity contribution in [2.24, 2.45) is 5.10 Å². The summed E-state index contributed by atoms with van der Waals surface area (Å²) in [5.41, 5.74) is 2.98. The molecule has 294 valence electrons. The maximum atomic E-state index is 7.05. The Morgan fingerprint density at radius 3 is 1.57 bits per heavy atom. The molecule has 0 spiro atoms. The number of hydrogen-bond acceptors (Lipinski definition) is 9. The van der Waals surface area contributed by atoms with Crippen LogP contribution in [0.5, 0.6) is 0 Å². The predicted molar refractivity (Wildman–Crippen MR) is 212 cm³/mol. The van der Waals surface area contributed by atoms with E-state index >= 15 is 0 Å². The molecular weight excluding hydrogens is 658 g/mol. The van der Waals surface area contributed by atoms with E-state index < -0.39 is 0 Å². The molecule has 0 aromatic rings. The molecule has 5 aliphatic rings. The van der Waals surface area contributed by atoms with E-state index in [0.717, 1.165) is 70.3 Å². The number of unbranched alkanes of at least 4 members (excludes halogenated alkanes) is 2. The minimum absolute atomic E-state index is 0.118. The molecule has 0 aromatic heterocycles. The molecule has 0 aromatic carbocycles. The van der Waals surface area contributed by atoms with E-state index in [2.05, 4.69) is 101 Å². The second-order valence-corrected chi connectivity index (χ2v) is 19.5. The van der Waals surface area contributed by atoms with Gasteiger partial charge in [-0.25, -0.2) is 0 Å². The Labute approximate surface area is 317 Å². The van der Waals surface area contributed by atoms with Gasteiger partial charge < -0.3 is 4.90 Å². The number of amidine groups is 1. The highest BCUT2D eigenvalue weighted by Gasteiger charge is 2.51. The molecule has 51 heavy (non-hydrogen) atoms. The van der Waals surface area contributed by atoms with Gasteiger partial charge in [0, 0.05) is 53.4 Å². The smallest absolute Gasteiger partial charge is 0.155 e. The van der Waals surface area contributed by atoms with Crippen LogP contribution >= 0.6 is 11.6 Å². The van der Waals surface area contributed by atoms with Crippen LogP contribution in [0.15, 0.2) is 16.3 Å². The molecule has 0 atom stereocenters. The quantitative estimate of drug-likeness (QED) is 0.188. The van der Waals surface area contributed by atoms with Crippen molar-refractivity contribution < 1.29 is 9.68 Å². The molecule has 0 unspecified atom stereocenters. The zero-order chi connectivity index (χ0) is 37.0. The summed E-state index contributed by atoms with van der Waals surface area (Å²) in [5.74, 6) is 0.962. The zero-order valence-corrected chi connectivity index (χ0v) is 35.2. The maximum absolute atomic E-state index is 7.05. The molecule has 9 nitrogen and oxygen atoms in total. The Hall–Kier alpha value is -1.10. The lowest BCUT2D eigenvalue weighted by molar-refractivity contribution is -0.319. The number of halogens is 1. The first kappa shape index (κ1) is 41.1. The van der Waals surface area contributed by atoms with Gasteiger partial charge in [-0.2, -0.15) is 15.1 Å². The molecule has 10 heteroatoms. The molecule has 2 saturated heterocycles. The average molecular weight is 735 g/mol. The van der Waals surface area contributed by atoms with Crippen molar-refractivity contribution in [3.63, 3.8) is 0 Å². The molecule has 1 N–H and O–H groups in total. The van der Waals surface area contributed by atoms with E-state index in [1.54, 1.807) is 0 Å². The minimum Gasteiger partial charge on any atom is -0.352 e. The number of nitrogens with one attached hydrogen (secondary N) is 1. The largest absolute Gasteiger partial charge is 0.352 e. The van der Waals surface area contributed by atoms with Crippen LogP contribution in [0.25, 0.3) is 0 Å². The molecule has 3 heterocycles. The van der Waals surface area contributed by atoms with E-state index in [9.17, 15) is 0 Å². The van der Waals surface area contributed by atoms with Gasteiger partial charge in [-0.05, 0) is 120 Å². The van der Waals surface area contributed by atoms with Gasteiger partial charge in [0.1, 0.15) is 5.16 Å². The van der Waals surface area contributed by atoms with E-state index in [1.165, 1.54) is 64.2 Å². The summed E-state index contributed by atoms with van der Waals surface area (Å²) in [4.78, 5) is 16.3. The van der Waals surface area contributed by atoms with E-state index in [4.69, 9.17) is 26.4 Å². The van der Waals surface area contributed by atoms with Crippen molar-refractivity contribution in [2.75, 3.05) is 13.1 Å². The SMILES string of the molecule is CCCCN(C1=NN(N(CCCC)C2CC(C)(C)N(OC3CCCCC3)C(C)(C)C2)NC(Cl)=C1)C1CC(C)(C)N(OC2CCCCC2)C(C)(C)C1. The molecule has 0 radical (unpaired) electrons. The maximum Gasteiger partial charge on any atom is 0.155 e. The highest BCUT2D eigenvalue weighted by molar-refractivity contribution is 6.30. The Morgan fingerprint density at radius 2 is 1.12 bits per heavy atom. The van der Waals surface area contributed by atoms with Gasteiger partial charge in [0.15, 0.2) is 5.84 Å². The number of hydrazine groups is 2. The Morgan fingerprint density at radius 1 is 0.686 bits per heavy atom. The van der Waals surface area contributed by atoms with Crippen LogP contribution in [0.1, 0.15) is 185 Å². The van der Waals surface area contributed by atoms with Gasteiger partial charge >= 0.3 is 0 Å². The third kappa shape index (κ3) is 10.2. The Kier molecular flexibility index (Phi) is 13.8. The fourth-order valence-corrected chi connectivity index (χ4v) is 10.5. The summed E-state index contributed by atoms with van der Waals surface area (Å²) in [6.45, 7) is 25.4. The van der Waals surface area contributed by atoms with Crippen molar-refractivity contribution in [3.8, 4) is 0 Å². The number of nitrogens with zero attached hydrogens (tertiary/aromatic N) is 6. The summed E-state index contributed by atoms with van der Waals surface area (Å²) in [6.07, 6.45) is 23.6. The fraction of sp³-hybridized carbons (Fsp3) is 0.927. The third-order valence-corrected chi connectivity index (χ3v) is 12.5. The number of piperidine rings is 2. The van der Waals surface area contributed by atoms with E-state index in [1.807, 2.05) is 5.23 Å². The van der Waals surface area contributed by atoms with Gasteiger partial charge in [-0.1, -0.05) is 76.8 Å². The van der Waals surface area contributed by atoms with E-state index in [0.29, 0.717) is 23.4 Å². The summed E-state index contributed by atoms with van der Waals surface area (Å²) < 4.78 is 0. The van der Waals surface area contributed by atoms with Crippen LogP contribution in [0.4, 0.5) is 0 Å². The van der Waals surface area contributed by atoms with Gasteiger partial charge in [-0.3, -0.25) is 15.1 Å². The number of hydrogen-bond donors (Lipinski definition) is 1. The molecular formula is C41H76ClN7O2. The summed E-state index contributed by atoms with van der Waals surface area (Å²) in [5, 5.41) is 15.3. The molecule has 3 aliphatic heterocycles. The first-order valence-electron chi connectivity index (χ1n) is 21.1. The zero-order valence-electron chi connectivity index (χ0n) is 34.4. The summed E-state index contributed by atoms with van der Waals surface area (Å²) >= 11 is 7.05. The third-order valence-electron chi connectivity index (χ3n) is 12.3. The van der Waals surface area contributed by atoms with E-state index in [-0.39, 0.29) is 28.2 Å². The first-order valence-corrected chi connectivity index (χ1v) is 21.4. The van der Waals surface area contributed by atoms with Crippen molar-refractivity contribution in [1.82, 2.24) is 30.7 Å². The van der Waals surface area contributed by atoms with Crippen molar-refractivity contribution >= 4 is 17.4 Å². The Bertz CT molecular complexity index is 1140. The van der Waals surface area contributed by atoms with Crippen LogP contribution in [-0.4, -0.2) is 90.6 Å². The summed E-state index contributed by atoms with van der Waals surface area (Å²) in [7, 11) is 0. The number of hydroxylamine groups is 4. The van der Waals surface area contributed by atoms with Crippen LogP contribution in [-0.2, 0) is 9.68 Å². The highest BCUT2D eigenvalue weighted by atomic mass is 35.5. The van der Waals surface area contributed by atoms with Crippen molar-refractivity contribution in [1.29, 1.82) is 0 Å². The molecule has 0 bridgehead atoms. The lowest BCUT2D eigenvalue weighted by Gasteiger charge is -2.57. The van der Waals surface area contributed by atoms with Crippen molar-refractivity contribution in [3.05, 3.63) is 11.2 Å². The molecule has 0 amide bonds. The van der Waals surface area contributed by atoms with Crippen molar-refractivity contribution in [2.45, 2.75) is 231 Å². The monoisotopic (exact) mass is 734 g/mol. The number of rotatable bonds is 13. The molecule has 5 rings (SSSR count). The Balaban J connectivity index is 1.39. The van der Waals surface area contributed by atoms with Gasteiger partial charge in [0.25, 0.3) is 0 Å². The molecule has 4 fully saturated rings. The lowest BCUT2D eigenvalue weighted by atomic mass is 9.78. The van der Waals surface area contributed by atoms with Crippen LogP contribution in [0.3, 0.4) is 0 Å². The topological polar surface area (TPSA) is 59.0 Å². The standard InChI is InChI=1S/C41H76ClN7O2/c1-11-13-25-45(32-28-38(3,4)47(39(5,6)29-32)50-34-21-17-15-18-22-34)37-27-36(42)43-49(44-37)46(26-14-12-2)33-30-40(7,8)48(41(9,10)31-33)51-35-23-19-16-20-24-35/h27,32-35,43H,11-26,28-31H2,1-10H3. The van der Waals surface area contributed by atoms with Crippen LogP contribution in [0.2, 0.25) is 0 Å². The highest BCUT2D eigenvalue weighted by Crippen LogP contribution is 2.44. The number of hydrazone groups is 1. The van der Waals surface area contributed by atoms with Gasteiger partial charge in [-0.15, -0.1) is 10.3 Å². The van der Waals surface area contributed by atoms with Crippen LogP contribution in [0, 0.1) is 0 Å². The van der Waals surface area contributed by atoms with Gasteiger partial charge in [0.2, 0.25) is 0 Å². The molecule has 2 aliphatic carbocycles. The fourth-order valence-electron chi connectivity index (χ4n) is 10.3. The summed E-state index contributed by atoms with van der Waals surface area (Å²) in [6, 6.07) is 0.587. The van der Waals surface area contributed by atoms with Gasteiger partial charge in [0.05, 0.1) is 12.2 Å².